The first-order valence-corrected chi connectivity index (χ1v) is 7.99. The van der Waals surface area contributed by atoms with Crippen LogP contribution in [0.2, 0.25) is 0 Å². The summed E-state index contributed by atoms with van der Waals surface area (Å²) in [5, 5.41) is 3.23. The zero-order chi connectivity index (χ0) is 18.2. The van der Waals surface area contributed by atoms with Gasteiger partial charge in [-0.25, -0.2) is 4.79 Å². The van der Waals surface area contributed by atoms with Crippen LogP contribution in [0.1, 0.15) is 40.2 Å². The number of rotatable bonds is 7. The number of carbonyl (C=O) groups excluding carboxylic acids is 2. The molecule has 24 heavy (non-hydrogen) atoms. The van der Waals surface area contributed by atoms with Crippen molar-refractivity contribution in [3.63, 3.8) is 0 Å². The van der Waals surface area contributed by atoms with Crippen molar-refractivity contribution in [3.05, 3.63) is 35.9 Å². The molecule has 6 nitrogen and oxygen atoms in total. The van der Waals surface area contributed by atoms with Gasteiger partial charge in [-0.3, -0.25) is 10.1 Å². The van der Waals surface area contributed by atoms with Gasteiger partial charge in [-0.05, 0) is 46.6 Å². The first-order valence-electron chi connectivity index (χ1n) is 7.99. The van der Waals surface area contributed by atoms with E-state index in [4.69, 9.17) is 14.2 Å². The van der Waals surface area contributed by atoms with Gasteiger partial charge in [-0.2, -0.15) is 0 Å². The monoisotopic (exact) mass is 337 g/mol. The average molecular weight is 337 g/mol. The third-order valence-corrected chi connectivity index (χ3v) is 2.88. The highest BCUT2D eigenvalue weighted by atomic mass is 16.8. The van der Waals surface area contributed by atoms with Crippen molar-refractivity contribution in [3.8, 4) is 0 Å². The predicted octanol–water partition coefficient (Wildman–Crippen LogP) is 3.05. The summed E-state index contributed by atoms with van der Waals surface area (Å²) in [6, 6.07) is 9.10. The molecule has 0 fully saturated rings. The predicted molar refractivity (Wildman–Crippen MR) is 90.5 cm³/mol. The lowest BCUT2D eigenvalue weighted by atomic mass is 10.0. The van der Waals surface area contributed by atoms with Crippen LogP contribution in [0.25, 0.3) is 0 Å². The Balaban J connectivity index is 2.59. The quantitative estimate of drug-likeness (QED) is 0.609. The van der Waals surface area contributed by atoms with E-state index in [-0.39, 0.29) is 11.6 Å². The van der Waals surface area contributed by atoms with E-state index in [1.807, 2.05) is 51.1 Å². The molecule has 1 rings (SSSR count). The highest BCUT2D eigenvalue weighted by molar-refractivity contribution is 5.76. The SMILES string of the molecule is CC(C)OC(=O)OCOC(=O)[C@H](Cc1ccccc1)NC(C)(C)C. The van der Waals surface area contributed by atoms with Crippen LogP contribution in [0, 0.1) is 0 Å². The Bertz CT molecular complexity index is 522. The van der Waals surface area contributed by atoms with E-state index in [0.717, 1.165) is 5.56 Å². The van der Waals surface area contributed by atoms with Crippen LogP contribution in [0.15, 0.2) is 30.3 Å². The number of esters is 1. The Kier molecular flexibility index (Phi) is 7.71. The molecule has 1 atom stereocenters. The summed E-state index contributed by atoms with van der Waals surface area (Å²) in [5.74, 6) is -0.480. The Morgan fingerprint density at radius 2 is 1.71 bits per heavy atom. The van der Waals surface area contributed by atoms with Crippen molar-refractivity contribution in [2.45, 2.75) is 58.7 Å². The molecule has 1 aromatic rings. The molecule has 134 valence electrons. The maximum absolute atomic E-state index is 12.3. The molecule has 0 amide bonds. The van der Waals surface area contributed by atoms with E-state index in [9.17, 15) is 9.59 Å². The number of carbonyl (C=O) groups is 2. The van der Waals surface area contributed by atoms with E-state index in [1.54, 1.807) is 13.8 Å². The molecular formula is C18H27NO5. The summed E-state index contributed by atoms with van der Waals surface area (Å²) >= 11 is 0. The fourth-order valence-corrected chi connectivity index (χ4v) is 2.03. The smallest absolute Gasteiger partial charge is 0.431 e. The van der Waals surface area contributed by atoms with Gasteiger partial charge in [0.15, 0.2) is 0 Å². The second-order valence-corrected chi connectivity index (χ2v) is 6.78. The van der Waals surface area contributed by atoms with Gasteiger partial charge in [0.1, 0.15) is 6.04 Å². The molecular weight excluding hydrogens is 310 g/mol. The zero-order valence-electron chi connectivity index (χ0n) is 15.0. The number of benzene rings is 1. The van der Waals surface area contributed by atoms with Crippen molar-refractivity contribution in [2.75, 3.05) is 6.79 Å². The fraction of sp³-hybridized carbons (Fsp3) is 0.556. The van der Waals surface area contributed by atoms with Crippen LogP contribution in [-0.2, 0) is 25.4 Å². The first-order chi connectivity index (χ1) is 11.2. The Morgan fingerprint density at radius 3 is 2.25 bits per heavy atom. The molecule has 0 aliphatic heterocycles. The highest BCUT2D eigenvalue weighted by Gasteiger charge is 2.25. The number of ether oxygens (including phenoxy) is 3. The average Bonchev–Trinajstić information content (AvgIpc) is 2.45. The molecule has 1 N–H and O–H groups in total. The highest BCUT2D eigenvalue weighted by Crippen LogP contribution is 2.09. The van der Waals surface area contributed by atoms with Gasteiger partial charge in [0.25, 0.3) is 0 Å². The zero-order valence-corrected chi connectivity index (χ0v) is 15.0. The molecule has 0 heterocycles. The van der Waals surface area contributed by atoms with E-state index >= 15 is 0 Å². The number of hydrogen-bond acceptors (Lipinski definition) is 6. The molecule has 0 saturated heterocycles. The van der Waals surface area contributed by atoms with Crippen LogP contribution in [0.5, 0.6) is 0 Å². The largest absolute Gasteiger partial charge is 0.511 e. The van der Waals surface area contributed by atoms with Gasteiger partial charge in [0.05, 0.1) is 6.10 Å². The molecule has 6 heteroatoms. The summed E-state index contributed by atoms with van der Waals surface area (Å²) in [6.07, 6.45) is -0.671. The minimum absolute atomic E-state index is 0.268. The van der Waals surface area contributed by atoms with Gasteiger partial charge in [0.2, 0.25) is 6.79 Å². The summed E-state index contributed by atoms with van der Waals surface area (Å²) in [7, 11) is 0. The maximum Gasteiger partial charge on any atom is 0.511 e. The molecule has 0 bridgehead atoms. The van der Waals surface area contributed by atoms with Gasteiger partial charge in [0, 0.05) is 5.54 Å². The minimum atomic E-state index is -0.860. The molecule has 0 radical (unpaired) electrons. The van der Waals surface area contributed by atoms with Gasteiger partial charge >= 0.3 is 12.1 Å². The number of nitrogens with one attached hydrogen (secondary N) is 1. The second kappa shape index (κ2) is 9.27. The lowest BCUT2D eigenvalue weighted by molar-refractivity contribution is -0.156. The van der Waals surface area contributed by atoms with Crippen LogP contribution < -0.4 is 5.32 Å². The summed E-state index contributed by atoms with van der Waals surface area (Å²) in [6.45, 7) is 8.84. The van der Waals surface area contributed by atoms with E-state index in [0.29, 0.717) is 6.42 Å². The van der Waals surface area contributed by atoms with Crippen LogP contribution in [0.3, 0.4) is 0 Å². The van der Waals surface area contributed by atoms with Crippen LogP contribution in [-0.4, -0.2) is 36.6 Å². The molecule has 0 aliphatic rings. The van der Waals surface area contributed by atoms with E-state index < -0.39 is 25.0 Å². The lowest BCUT2D eigenvalue weighted by Crippen LogP contribution is -2.49. The summed E-state index contributed by atoms with van der Waals surface area (Å²) in [4.78, 5) is 23.6. The Labute approximate surface area is 143 Å². The van der Waals surface area contributed by atoms with Crippen LogP contribution >= 0.6 is 0 Å². The topological polar surface area (TPSA) is 73.9 Å². The molecule has 1 aromatic carbocycles. The van der Waals surface area contributed by atoms with Crippen molar-refractivity contribution < 1.29 is 23.8 Å². The molecule has 0 aromatic heterocycles. The van der Waals surface area contributed by atoms with Crippen LogP contribution in [0.4, 0.5) is 4.79 Å². The van der Waals surface area contributed by atoms with Gasteiger partial charge in [-0.15, -0.1) is 0 Å². The summed E-state index contributed by atoms with van der Waals surface area (Å²) in [5.41, 5.74) is 0.743. The normalized spacial score (nSPS) is 12.6. The maximum atomic E-state index is 12.3. The van der Waals surface area contributed by atoms with Crippen molar-refractivity contribution in [1.82, 2.24) is 5.32 Å². The van der Waals surface area contributed by atoms with E-state index in [2.05, 4.69) is 5.32 Å². The standard InChI is InChI=1S/C18H27NO5/c1-13(2)24-17(21)23-12-22-16(20)15(19-18(3,4)5)11-14-9-7-6-8-10-14/h6-10,13,15,19H,11-12H2,1-5H3/t15-/m0/s1. The molecule has 0 saturated carbocycles. The van der Waals surface area contributed by atoms with Crippen molar-refractivity contribution in [2.24, 2.45) is 0 Å². The minimum Gasteiger partial charge on any atom is -0.431 e. The van der Waals surface area contributed by atoms with Gasteiger partial charge < -0.3 is 14.2 Å². The first kappa shape index (κ1) is 20.0. The van der Waals surface area contributed by atoms with Crippen molar-refractivity contribution in [1.29, 1.82) is 0 Å². The summed E-state index contributed by atoms with van der Waals surface area (Å²) < 4.78 is 14.6. The van der Waals surface area contributed by atoms with Gasteiger partial charge in [-0.1, -0.05) is 30.3 Å². The third-order valence-electron chi connectivity index (χ3n) is 2.88. The number of hydrogen-bond donors (Lipinski definition) is 1. The molecule has 0 spiro atoms. The Morgan fingerprint density at radius 1 is 1.08 bits per heavy atom. The van der Waals surface area contributed by atoms with Crippen molar-refractivity contribution >= 4 is 12.1 Å². The lowest BCUT2D eigenvalue weighted by Gasteiger charge is -2.27. The van der Waals surface area contributed by atoms with E-state index in [1.165, 1.54) is 0 Å². The second-order valence-electron chi connectivity index (χ2n) is 6.78. The molecule has 0 unspecified atom stereocenters. The third kappa shape index (κ3) is 8.53. The molecule has 0 aliphatic carbocycles. The Hall–Kier alpha value is -2.08. The fourth-order valence-electron chi connectivity index (χ4n) is 2.03.